The summed E-state index contributed by atoms with van der Waals surface area (Å²) in [4.78, 5) is 14.7. The van der Waals surface area contributed by atoms with Gasteiger partial charge in [-0.25, -0.2) is 17.5 Å². The molecule has 4 rings (SSSR count). The van der Waals surface area contributed by atoms with Gasteiger partial charge in [0.2, 0.25) is 5.91 Å². The maximum atomic E-state index is 14.2. The Hall–Kier alpha value is -2.42. The smallest absolute Gasteiger partial charge is 0.245 e. The van der Waals surface area contributed by atoms with E-state index >= 15 is 0 Å². The molecule has 1 saturated heterocycles. The van der Waals surface area contributed by atoms with Gasteiger partial charge in [-0.2, -0.15) is 5.10 Å². The lowest BCUT2D eigenvalue weighted by molar-refractivity contribution is -0.115. The third-order valence-corrected chi connectivity index (χ3v) is 7.36. The zero-order valence-electron chi connectivity index (χ0n) is 16.6. The van der Waals surface area contributed by atoms with E-state index in [4.69, 9.17) is 0 Å². The molecule has 1 aromatic carbocycles. The second kappa shape index (κ2) is 7.44. The first-order valence-electron chi connectivity index (χ1n) is 9.83. The van der Waals surface area contributed by atoms with Crippen LogP contribution in [0.1, 0.15) is 35.7 Å². The van der Waals surface area contributed by atoms with Crippen molar-refractivity contribution in [2.45, 2.75) is 39.2 Å². The summed E-state index contributed by atoms with van der Waals surface area (Å²) in [5.74, 6) is 0.215. The first kappa shape index (κ1) is 19.9. The molecule has 1 amide bonds. The number of aromatic nitrogens is 2. The number of benzene rings is 1. The van der Waals surface area contributed by atoms with Crippen molar-refractivity contribution in [3.63, 3.8) is 0 Å². The van der Waals surface area contributed by atoms with E-state index in [9.17, 15) is 17.6 Å². The Morgan fingerprint density at radius 3 is 2.86 bits per heavy atom. The number of rotatable bonds is 4. The van der Waals surface area contributed by atoms with E-state index in [0.717, 1.165) is 17.7 Å². The van der Waals surface area contributed by atoms with Gasteiger partial charge in [-0.3, -0.25) is 4.79 Å². The van der Waals surface area contributed by atoms with Crippen LogP contribution in [0, 0.1) is 19.7 Å². The van der Waals surface area contributed by atoms with Gasteiger partial charge < -0.3 is 10.2 Å². The van der Waals surface area contributed by atoms with Crippen molar-refractivity contribution in [1.82, 2.24) is 9.78 Å². The van der Waals surface area contributed by atoms with Gasteiger partial charge in [0.15, 0.2) is 9.84 Å². The van der Waals surface area contributed by atoms with Crippen LogP contribution in [-0.2, 0) is 21.1 Å². The summed E-state index contributed by atoms with van der Waals surface area (Å²) >= 11 is 0. The van der Waals surface area contributed by atoms with Crippen LogP contribution in [0.3, 0.4) is 0 Å². The molecule has 0 spiro atoms. The molecular weight excluding hydrogens is 395 g/mol. The Morgan fingerprint density at radius 1 is 1.34 bits per heavy atom. The van der Waals surface area contributed by atoms with Crippen molar-refractivity contribution in [3.8, 4) is 0 Å². The highest BCUT2D eigenvalue weighted by atomic mass is 32.2. The molecule has 1 atom stereocenters. The highest BCUT2D eigenvalue weighted by Gasteiger charge is 2.31. The third kappa shape index (κ3) is 4.01. The quantitative estimate of drug-likeness (QED) is 0.821. The second-order valence-corrected chi connectivity index (χ2v) is 10.2. The molecule has 7 nitrogen and oxygen atoms in total. The average molecular weight is 421 g/mol. The number of aryl methyl sites for hydroxylation is 2. The largest absolute Gasteiger partial charge is 0.362 e. The molecule has 1 fully saturated rings. The minimum Gasteiger partial charge on any atom is -0.362 e. The van der Waals surface area contributed by atoms with E-state index in [1.54, 1.807) is 16.8 Å². The van der Waals surface area contributed by atoms with Gasteiger partial charge in [0.25, 0.3) is 0 Å². The maximum Gasteiger partial charge on any atom is 0.245 e. The number of nitrogens with zero attached hydrogens (tertiary/aromatic N) is 3. The van der Waals surface area contributed by atoms with Crippen molar-refractivity contribution < 1.29 is 17.6 Å². The predicted molar refractivity (Wildman–Crippen MR) is 110 cm³/mol. The average Bonchev–Trinajstić information content (AvgIpc) is 3.19. The van der Waals surface area contributed by atoms with E-state index in [2.05, 4.69) is 10.4 Å². The molecule has 1 unspecified atom stereocenters. The topological polar surface area (TPSA) is 84.3 Å². The molecule has 1 N–H and O–H groups in total. The zero-order valence-corrected chi connectivity index (χ0v) is 17.4. The summed E-state index contributed by atoms with van der Waals surface area (Å²) in [7, 11) is -3.06. The van der Waals surface area contributed by atoms with E-state index in [-0.39, 0.29) is 35.8 Å². The summed E-state index contributed by atoms with van der Waals surface area (Å²) in [5, 5.41) is 7.27. The minimum absolute atomic E-state index is 0.0367. The molecule has 0 aliphatic carbocycles. The number of carbonyl (C=O) groups excluding carboxylic acids is 1. The number of hydrogen-bond donors (Lipinski definition) is 1. The molecule has 0 radical (unpaired) electrons. The fraction of sp³-hybridized carbons (Fsp3) is 0.500. The van der Waals surface area contributed by atoms with Crippen molar-refractivity contribution in [3.05, 3.63) is 40.8 Å². The highest BCUT2D eigenvalue weighted by molar-refractivity contribution is 7.91. The SMILES string of the molecule is Cc1cc(NC(=O)CN2CCCc3c(F)ccc(C)c32)n(C2CCS(=O)(=O)C2)n1. The molecule has 0 saturated carbocycles. The van der Waals surface area contributed by atoms with E-state index in [1.165, 1.54) is 6.07 Å². The molecular formula is C20H25FN4O3S. The van der Waals surface area contributed by atoms with Crippen LogP contribution in [-0.4, -0.2) is 48.7 Å². The lowest BCUT2D eigenvalue weighted by Crippen LogP contribution is -2.38. The molecule has 1 aromatic heterocycles. The number of anilines is 2. The Balaban J connectivity index is 1.52. The number of hydrogen-bond acceptors (Lipinski definition) is 5. The summed E-state index contributed by atoms with van der Waals surface area (Å²) in [6, 6.07) is 4.70. The Bertz CT molecular complexity index is 1060. The van der Waals surface area contributed by atoms with E-state index < -0.39 is 9.84 Å². The van der Waals surface area contributed by atoms with Crippen molar-refractivity contribution in [2.75, 3.05) is 34.8 Å². The predicted octanol–water partition coefficient (Wildman–Crippen LogP) is 2.39. The van der Waals surface area contributed by atoms with Crippen molar-refractivity contribution in [1.29, 1.82) is 0 Å². The van der Waals surface area contributed by atoms with E-state index in [0.29, 0.717) is 36.5 Å². The molecule has 156 valence electrons. The molecule has 2 aliphatic heterocycles. The molecule has 0 bridgehead atoms. The van der Waals surface area contributed by atoms with Gasteiger partial charge in [-0.05, 0) is 44.7 Å². The normalized spacial score (nSPS) is 20.5. The lowest BCUT2D eigenvalue weighted by atomic mass is 9.97. The van der Waals surface area contributed by atoms with Crippen LogP contribution in [0.2, 0.25) is 0 Å². The number of sulfone groups is 1. The molecule has 9 heteroatoms. The Morgan fingerprint density at radius 2 is 2.14 bits per heavy atom. The van der Waals surface area contributed by atoms with Crippen LogP contribution in [0.4, 0.5) is 15.9 Å². The van der Waals surface area contributed by atoms with Crippen LogP contribution < -0.4 is 10.2 Å². The number of carbonyl (C=O) groups is 1. The van der Waals surface area contributed by atoms with Gasteiger partial charge in [0.05, 0.1) is 29.8 Å². The van der Waals surface area contributed by atoms with Gasteiger partial charge in [-0.15, -0.1) is 0 Å². The first-order chi connectivity index (χ1) is 13.7. The first-order valence-corrected chi connectivity index (χ1v) is 11.6. The molecule has 3 heterocycles. The monoisotopic (exact) mass is 420 g/mol. The standard InChI is InChI=1S/C20H25FN4O3S/c1-13-5-6-17(21)16-4-3-8-24(20(13)16)11-19(26)22-18-10-14(2)23-25(18)15-7-9-29(27,28)12-15/h5-6,10,15H,3-4,7-9,11-12H2,1-2H3,(H,22,26). The van der Waals surface area contributed by atoms with Gasteiger partial charge in [-0.1, -0.05) is 6.07 Å². The van der Waals surface area contributed by atoms with Gasteiger partial charge in [0, 0.05) is 23.9 Å². The summed E-state index contributed by atoms with van der Waals surface area (Å²) in [5.41, 5.74) is 3.14. The van der Waals surface area contributed by atoms with Crippen LogP contribution in [0.5, 0.6) is 0 Å². The highest BCUT2D eigenvalue weighted by Crippen LogP contribution is 2.32. The van der Waals surface area contributed by atoms with Gasteiger partial charge in [0.1, 0.15) is 11.6 Å². The number of amides is 1. The molecule has 2 aromatic rings. The molecule has 2 aliphatic rings. The maximum absolute atomic E-state index is 14.2. The molecule has 29 heavy (non-hydrogen) atoms. The van der Waals surface area contributed by atoms with Crippen molar-refractivity contribution in [2.24, 2.45) is 0 Å². The summed E-state index contributed by atoms with van der Waals surface area (Å²) in [6.45, 7) is 4.52. The Labute approximate surface area is 169 Å². The fourth-order valence-corrected chi connectivity index (χ4v) is 6.03. The van der Waals surface area contributed by atoms with E-state index in [1.807, 2.05) is 18.7 Å². The summed E-state index contributed by atoms with van der Waals surface area (Å²) in [6.07, 6.45) is 1.95. The lowest BCUT2D eigenvalue weighted by Gasteiger charge is -2.32. The van der Waals surface area contributed by atoms with Gasteiger partial charge >= 0.3 is 0 Å². The van der Waals surface area contributed by atoms with Crippen LogP contribution >= 0.6 is 0 Å². The number of nitrogens with one attached hydrogen (secondary N) is 1. The fourth-order valence-electron chi connectivity index (χ4n) is 4.34. The minimum atomic E-state index is -3.06. The summed E-state index contributed by atoms with van der Waals surface area (Å²) < 4.78 is 39.5. The Kier molecular flexibility index (Phi) is 5.10. The number of halogens is 1. The van der Waals surface area contributed by atoms with Crippen LogP contribution in [0.25, 0.3) is 0 Å². The number of fused-ring (bicyclic) bond motifs is 1. The van der Waals surface area contributed by atoms with Crippen molar-refractivity contribution >= 4 is 27.2 Å². The van der Waals surface area contributed by atoms with Crippen LogP contribution in [0.15, 0.2) is 18.2 Å². The third-order valence-electron chi connectivity index (χ3n) is 5.61. The zero-order chi connectivity index (χ0) is 20.8. The second-order valence-electron chi connectivity index (χ2n) is 7.94.